The average molecular weight is 446 g/mol. The number of benzene rings is 1. The topological polar surface area (TPSA) is 81.6 Å². The highest BCUT2D eigenvalue weighted by Crippen LogP contribution is 2.30. The second-order valence-electron chi connectivity index (χ2n) is 6.73. The van der Waals surface area contributed by atoms with Crippen LogP contribution < -0.4 is 4.74 Å². The number of amides is 1. The van der Waals surface area contributed by atoms with Crippen molar-refractivity contribution in [2.45, 2.75) is 32.2 Å². The molecule has 146 valence electrons. The van der Waals surface area contributed by atoms with Crippen molar-refractivity contribution in [1.29, 1.82) is 0 Å². The molecule has 8 heteroatoms. The average Bonchev–Trinajstić information content (AvgIpc) is 3.42. The molecule has 2 aromatic heterocycles. The van der Waals surface area contributed by atoms with Crippen LogP contribution >= 0.6 is 15.9 Å². The second-order valence-corrected chi connectivity index (χ2v) is 7.51. The molecule has 7 nitrogen and oxygen atoms in total. The van der Waals surface area contributed by atoms with Crippen molar-refractivity contribution in [1.82, 2.24) is 15.0 Å². The van der Waals surface area contributed by atoms with Crippen LogP contribution in [0.5, 0.6) is 5.75 Å². The van der Waals surface area contributed by atoms with Gasteiger partial charge in [0.15, 0.2) is 16.3 Å². The molecular formula is C20H20BrN3O4. The van der Waals surface area contributed by atoms with Crippen molar-refractivity contribution >= 4 is 21.8 Å². The highest BCUT2D eigenvalue weighted by atomic mass is 79.9. The van der Waals surface area contributed by atoms with Gasteiger partial charge >= 0.3 is 0 Å². The summed E-state index contributed by atoms with van der Waals surface area (Å²) in [5, 5.41) is 4.04. The third kappa shape index (κ3) is 4.11. The fourth-order valence-electron chi connectivity index (χ4n) is 3.16. The summed E-state index contributed by atoms with van der Waals surface area (Å²) in [6.07, 6.45) is 1.35. The number of ether oxygens (including phenoxy) is 1. The standard InChI is InChI=1S/C20H20BrN3O4/c1-2-9-26-15-5-3-13(4-6-15)11-24-12-14(10-18(24)25)19-22-20(28-23-19)16-7-8-17(21)27-16/h3-8,14H,2,9-12H2,1H3. The number of rotatable bonds is 7. The Bertz CT molecular complexity index is 951. The van der Waals surface area contributed by atoms with Crippen molar-refractivity contribution in [2.75, 3.05) is 13.2 Å². The molecule has 0 aliphatic carbocycles. The number of halogens is 1. The number of hydrogen-bond acceptors (Lipinski definition) is 6. The third-order valence-electron chi connectivity index (χ3n) is 4.58. The largest absolute Gasteiger partial charge is 0.494 e. The van der Waals surface area contributed by atoms with Gasteiger partial charge < -0.3 is 18.6 Å². The molecule has 1 aromatic carbocycles. The molecule has 3 heterocycles. The normalized spacial score (nSPS) is 16.7. The minimum Gasteiger partial charge on any atom is -0.494 e. The zero-order valence-electron chi connectivity index (χ0n) is 15.4. The zero-order chi connectivity index (χ0) is 19.5. The van der Waals surface area contributed by atoms with Crippen LogP contribution in [0.1, 0.15) is 37.1 Å². The van der Waals surface area contributed by atoms with E-state index in [4.69, 9.17) is 13.7 Å². The summed E-state index contributed by atoms with van der Waals surface area (Å²) in [5.74, 6) is 2.19. The van der Waals surface area contributed by atoms with Crippen LogP contribution in [0.4, 0.5) is 0 Å². The first-order chi connectivity index (χ1) is 13.6. The first-order valence-corrected chi connectivity index (χ1v) is 10.0. The van der Waals surface area contributed by atoms with E-state index in [0.717, 1.165) is 17.7 Å². The van der Waals surface area contributed by atoms with E-state index in [1.54, 1.807) is 12.1 Å². The van der Waals surface area contributed by atoms with E-state index in [-0.39, 0.29) is 11.8 Å². The Labute approximate surface area is 170 Å². The predicted molar refractivity (Wildman–Crippen MR) is 105 cm³/mol. The highest BCUT2D eigenvalue weighted by molar-refractivity contribution is 9.10. The van der Waals surface area contributed by atoms with Crippen LogP contribution in [-0.4, -0.2) is 34.1 Å². The van der Waals surface area contributed by atoms with E-state index in [9.17, 15) is 4.79 Å². The van der Waals surface area contributed by atoms with Gasteiger partial charge in [0.25, 0.3) is 5.89 Å². The van der Waals surface area contributed by atoms with Gasteiger partial charge in [-0.3, -0.25) is 4.79 Å². The number of carbonyl (C=O) groups excluding carboxylic acids is 1. The summed E-state index contributed by atoms with van der Waals surface area (Å²) in [4.78, 5) is 18.7. The van der Waals surface area contributed by atoms with Crippen molar-refractivity contribution in [3.05, 3.63) is 52.5 Å². The number of nitrogens with zero attached hydrogens (tertiary/aromatic N) is 3. The molecule has 1 saturated heterocycles. The predicted octanol–water partition coefficient (Wildman–Crippen LogP) is 4.40. The lowest BCUT2D eigenvalue weighted by molar-refractivity contribution is -0.128. The lowest BCUT2D eigenvalue weighted by Gasteiger charge is -2.16. The van der Waals surface area contributed by atoms with E-state index in [0.29, 0.717) is 48.3 Å². The van der Waals surface area contributed by atoms with E-state index in [2.05, 4.69) is 33.0 Å². The quantitative estimate of drug-likeness (QED) is 0.535. The highest BCUT2D eigenvalue weighted by Gasteiger charge is 2.34. The van der Waals surface area contributed by atoms with E-state index >= 15 is 0 Å². The van der Waals surface area contributed by atoms with Gasteiger partial charge in [-0.25, -0.2) is 0 Å². The summed E-state index contributed by atoms with van der Waals surface area (Å²) in [6, 6.07) is 11.4. The van der Waals surface area contributed by atoms with Gasteiger partial charge in [0.05, 0.1) is 6.61 Å². The van der Waals surface area contributed by atoms with Crippen LogP contribution in [0.3, 0.4) is 0 Å². The molecular weight excluding hydrogens is 426 g/mol. The van der Waals surface area contributed by atoms with Crippen LogP contribution in [0.25, 0.3) is 11.7 Å². The van der Waals surface area contributed by atoms with Gasteiger partial charge in [0.1, 0.15) is 5.75 Å². The lowest BCUT2D eigenvalue weighted by Crippen LogP contribution is -2.24. The summed E-state index contributed by atoms with van der Waals surface area (Å²) in [6.45, 7) is 3.89. The molecule has 0 saturated carbocycles. The number of hydrogen-bond donors (Lipinski definition) is 0. The third-order valence-corrected chi connectivity index (χ3v) is 5.00. The fraction of sp³-hybridized carbons (Fsp3) is 0.350. The van der Waals surface area contributed by atoms with Gasteiger partial charge in [-0.15, -0.1) is 0 Å². The number of carbonyl (C=O) groups is 1. The number of furan rings is 1. The smallest absolute Gasteiger partial charge is 0.293 e. The van der Waals surface area contributed by atoms with Crippen molar-refractivity contribution in [3.8, 4) is 17.4 Å². The molecule has 1 amide bonds. The molecule has 0 radical (unpaired) electrons. The lowest BCUT2D eigenvalue weighted by atomic mass is 10.1. The van der Waals surface area contributed by atoms with Crippen LogP contribution in [0.2, 0.25) is 0 Å². The monoisotopic (exact) mass is 445 g/mol. The summed E-state index contributed by atoms with van der Waals surface area (Å²) < 4.78 is 16.9. The van der Waals surface area contributed by atoms with Crippen LogP contribution in [0.15, 0.2) is 50.0 Å². The molecule has 1 aliphatic heterocycles. The fourth-order valence-corrected chi connectivity index (χ4v) is 3.47. The maximum atomic E-state index is 12.4. The van der Waals surface area contributed by atoms with Crippen molar-refractivity contribution in [3.63, 3.8) is 0 Å². The second kappa shape index (κ2) is 8.18. The molecule has 1 unspecified atom stereocenters. The first kappa shape index (κ1) is 18.7. The summed E-state index contributed by atoms with van der Waals surface area (Å²) in [7, 11) is 0. The van der Waals surface area contributed by atoms with Crippen LogP contribution in [0, 0.1) is 0 Å². The van der Waals surface area contributed by atoms with Gasteiger partial charge in [-0.2, -0.15) is 4.98 Å². The Morgan fingerprint density at radius 2 is 2.07 bits per heavy atom. The molecule has 3 aromatic rings. The molecule has 1 fully saturated rings. The number of likely N-dealkylation sites (tertiary alicyclic amines) is 1. The minimum atomic E-state index is -0.0874. The Morgan fingerprint density at radius 3 is 2.79 bits per heavy atom. The molecule has 28 heavy (non-hydrogen) atoms. The molecule has 4 rings (SSSR count). The van der Waals surface area contributed by atoms with Crippen LogP contribution in [-0.2, 0) is 11.3 Å². The van der Waals surface area contributed by atoms with Gasteiger partial charge in [-0.1, -0.05) is 24.2 Å². The molecule has 1 atom stereocenters. The van der Waals surface area contributed by atoms with E-state index < -0.39 is 0 Å². The summed E-state index contributed by atoms with van der Waals surface area (Å²) in [5.41, 5.74) is 1.06. The molecule has 0 N–H and O–H groups in total. The Morgan fingerprint density at radius 1 is 1.25 bits per heavy atom. The maximum Gasteiger partial charge on any atom is 0.293 e. The van der Waals surface area contributed by atoms with E-state index in [1.807, 2.05) is 29.2 Å². The summed E-state index contributed by atoms with van der Waals surface area (Å²) >= 11 is 3.25. The Hall–Kier alpha value is -2.61. The molecule has 0 bridgehead atoms. The number of aromatic nitrogens is 2. The van der Waals surface area contributed by atoms with Gasteiger partial charge in [-0.05, 0) is 52.2 Å². The van der Waals surface area contributed by atoms with E-state index in [1.165, 1.54) is 0 Å². The zero-order valence-corrected chi connectivity index (χ0v) is 17.0. The molecule has 1 aliphatic rings. The van der Waals surface area contributed by atoms with Gasteiger partial charge in [0.2, 0.25) is 5.91 Å². The minimum absolute atomic E-state index is 0.0865. The SMILES string of the molecule is CCCOc1ccc(CN2CC(c3noc(-c4ccc(Br)o4)n3)CC2=O)cc1. The van der Waals surface area contributed by atoms with Gasteiger partial charge in [0, 0.05) is 25.4 Å². The maximum absolute atomic E-state index is 12.4. The Kier molecular flexibility index (Phi) is 5.47. The van der Waals surface area contributed by atoms with Crippen molar-refractivity contribution in [2.24, 2.45) is 0 Å². The molecule has 0 spiro atoms. The van der Waals surface area contributed by atoms with Crippen molar-refractivity contribution < 1.29 is 18.5 Å². The Balaban J connectivity index is 1.39. The first-order valence-electron chi connectivity index (χ1n) is 9.21.